The van der Waals surface area contributed by atoms with Crippen LogP contribution in [0.2, 0.25) is 0 Å². The second kappa shape index (κ2) is 9.91. The van der Waals surface area contributed by atoms with Gasteiger partial charge in [-0.2, -0.15) is 5.10 Å². The van der Waals surface area contributed by atoms with Crippen LogP contribution in [0.25, 0.3) is 22.6 Å². The van der Waals surface area contributed by atoms with Gasteiger partial charge in [-0.25, -0.2) is 14.4 Å². The Morgan fingerprint density at radius 2 is 2.03 bits per heavy atom. The first kappa shape index (κ1) is 24.8. The maximum Gasteiger partial charge on any atom is 0.165 e. The van der Waals surface area contributed by atoms with Crippen LogP contribution in [0.5, 0.6) is 5.75 Å². The molecule has 3 aromatic heterocycles. The van der Waals surface area contributed by atoms with Gasteiger partial charge in [0.2, 0.25) is 0 Å². The molecule has 0 amide bonds. The number of hydrogen-bond donors (Lipinski definition) is 2. The summed E-state index contributed by atoms with van der Waals surface area (Å²) in [6.07, 6.45) is 1.17. The zero-order chi connectivity index (χ0) is 26.3. The van der Waals surface area contributed by atoms with E-state index in [1.165, 1.54) is 12.1 Å². The minimum atomic E-state index is -0.696. The summed E-state index contributed by atoms with van der Waals surface area (Å²) in [5, 5.41) is 21.3. The SMILES string of the molecule is CNC[C@@H](O)COc1ccc(F)c(-c2nc(-c3c(C)noc3C)c(C)c(N3Cc4cnn(C)c4C3)n2)c1. The standard InChI is InChI=1S/C26H30FN7O3/c1-14-24(23-15(2)32-37-16(23)3)30-25(31-26(14)34-11-17-9-29-33(5)22(17)12-34)20-8-19(6-7-21(20)27)36-13-18(35)10-28-4/h6-9,18,28,35H,10-13H2,1-5H3/t18-/m1/s1. The van der Waals surface area contributed by atoms with Crippen molar-refractivity contribution in [2.45, 2.75) is 40.0 Å². The van der Waals surface area contributed by atoms with Crippen LogP contribution in [0, 0.1) is 26.6 Å². The predicted molar refractivity (Wildman–Crippen MR) is 136 cm³/mol. The molecule has 4 heterocycles. The maximum absolute atomic E-state index is 15.2. The number of nitrogens with one attached hydrogen (secondary N) is 1. The number of halogens is 1. The number of aliphatic hydroxyl groups is 1. The molecule has 5 rings (SSSR count). The van der Waals surface area contributed by atoms with Gasteiger partial charge >= 0.3 is 0 Å². The summed E-state index contributed by atoms with van der Waals surface area (Å²) >= 11 is 0. The van der Waals surface area contributed by atoms with Crippen LogP contribution in [0.3, 0.4) is 0 Å². The van der Waals surface area contributed by atoms with Crippen molar-refractivity contribution in [1.29, 1.82) is 0 Å². The van der Waals surface area contributed by atoms with E-state index in [2.05, 4.69) is 20.5 Å². The van der Waals surface area contributed by atoms with Crippen LogP contribution in [0.4, 0.5) is 10.2 Å². The molecule has 1 aliphatic heterocycles. The third-order valence-corrected chi connectivity index (χ3v) is 6.60. The highest BCUT2D eigenvalue weighted by Crippen LogP contribution is 2.38. The molecule has 37 heavy (non-hydrogen) atoms. The first-order valence-corrected chi connectivity index (χ1v) is 12.1. The molecule has 1 aliphatic rings. The van der Waals surface area contributed by atoms with Crippen molar-refractivity contribution in [3.05, 3.63) is 58.5 Å². The van der Waals surface area contributed by atoms with Crippen LogP contribution < -0.4 is 15.0 Å². The number of ether oxygens (including phenoxy) is 1. The van der Waals surface area contributed by atoms with Gasteiger partial charge in [-0.3, -0.25) is 4.68 Å². The Morgan fingerprint density at radius 3 is 2.73 bits per heavy atom. The number of aryl methyl sites for hydroxylation is 3. The largest absolute Gasteiger partial charge is 0.491 e. The van der Waals surface area contributed by atoms with Crippen LogP contribution in [-0.4, -0.2) is 56.3 Å². The fourth-order valence-electron chi connectivity index (χ4n) is 4.69. The van der Waals surface area contributed by atoms with E-state index < -0.39 is 11.9 Å². The van der Waals surface area contributed by atoms with Gasteiger partial charge in [-0.1, -0.05) is 5.16 Å². The average Bonchev–Trinajstić information content (AvgIpc) is 3.55. The molecule has 0 radical (unpaired) electrons. The first-order chi connectivity index (χ1) is 17.8. The molecule has 0 fully saturated rings. The first-order valence-electron chi connectivity index (χ1n) is 12.1. The Bertz CT molecular complexity index is 1430. The fourth-order valence-corrected chi connectivity index (χ4v) is 4.69. The highest BCUT2D eigenvalue weighted by atomic mass is 19.1. The van der Waals surface area contributed by atoms with Crippen LogP contribution >= 0.6 is 0 Å². The summed E-state index contributed by atoms with van der Waals surface area (Å²) < 4.78 is 28.2. The Labute approximate surface area is 214 Å². The Hall–Kier alpha value is -3.83. The van der Waals surface area contributed by atoms with Crippen molar-refractivity contribution in [3.8, 4) is 28.4 Å². The quantitative estimate of drug-likeness (QED) is 0.371. The summed E-state index contributed by atoms with van der Waals surface area (Å²) in [6.45, 7) is 7.36. The van der Waals surface area contributed by atoms with E-state index in [0.29, 0.717) is 48.3 Å². The molecule has 1 atom stereocenters. The number of fused-ring (bicyclic) bond motifs is 1. The van der Waals surface area contributed by atoms with Gasteiger partial charge in [-0.05, 0) is 46.0 Å². The summed E-state index contributed by atoms with van der Waals surface area (Å²) in [7, 11) is 3.67. The van der Waals surface area contributed by atoms with E-state index in [4.69, 9.17) is 19.2 Å². The van der Waals surface area contributed by atoms with Gasteiger partial charge in [0, 0.05) is 31.3 Å². The monoisotopic (exact) mass is 507 g/mol. The van der Waals surface area contributed by atoms with Crippen LogP contribution in [0.15, 0.2) is 28.9 Å². The molecule has 0 bridgehead atoms. The van der Waals surface area contributed by atoms with Crippen LogP contribution in [0.1, 0.15) is 28.3 Å². The molecule has 0 unspecified atom stereocenters. The van der Waals surface area contributed by atoms with Gasteiger partial charge in [0.25, 0.3) is 0 Å². The van der Waals surface area contributed by atoms with Gasteiger partial charge in [0.05, 0.1) is 41.0 Å². The van der Waals surface area contributed by atoms with Crippen molar-refractivity contribution in [2.75, 3.05) is 25.1 Å². The van der Waals surface area contributed by atoms with E-state index >= 15 is 4.39 Å². The van der Waals surface area contributed by atoms with E-state index in [1.54, 1.807) is 13.1 Å². The molecule has 2 N–H and O–H groups in total. The molecule has 0 aliphatic carbocycles. The van der Waals surface area contributed by atoms with Crippen molar-refractivity contribution < 1.29 is 18.8 Å². The van der Waals surface area contributed by atoms with E-state index in [-0.39, 0.29) is 18.0 Å². The molecule has 10 nitrogen and oxygen atoms in total. The Kier molecular flexibility index (Phi) is 6.65. The lowest BCUT2D eigenvalue weighted by Crippen LogP contribution is -2.29. The number of nitrogens with zero attached hydrogens (tertiary/aromatic N) is 6. The molecule has 11 heteroatoms. The second-order valence-corrected chi connectivity index (χ2v) is 9.30. The lowest BCUT2D eigenvalue weighted by molar-refractivity contribution is 0.108. The van der Waals surface area contributed by atoms with Crippen molar-refractivity contribution in [3.63, 3.8) is 0 Å². The second-order valence-electron chi connectivity index (χ2n) is 9.30. The average molecular weight is 508 g/mol. The molecule has 194 valence electrons. The van der Waals surface area contributed by atoms with Gasteiger partial charge < -0.3 is 24.6 Å². The van der Waals surface area contributed by atoms with Crippen molar-refractivity contribution in [1.82, 2.24) is 30.2 Å². The molecular formula is C26H30FN7O3. The summed E-state index contributed by atoms with van der Waals surface area (Å²) in [5.41, 5.74) is 5.39. The van der Waals surface area contributed by atoms with E-state index in [9.17, 15) is 5.11 Å². The predicted octanol–water partition coefficient (Wildman–Crippen LogP) is 3.08. The van der Waals surface area contributed by atoms with Gasteiger partial charge in [-0.15, -0.1) is 0 Å². The highest BCUT2D eigenvalue weighted by molar-refractivity contribution is 5.75. The smallest absolute Gasteiger partial charge is 0.165 e. The number of aromatic nitrogens is 5. The Morgan fingerprint density at radius 1 is 1.22 bits per heavy atom. The lowest BCUT2D eigenvalue weighted by atomic mass is 10.0. The number of rotatable bonds is 8. The fraction of sp³-hybridized carbons (Fsp3) is 0.385. The lowest BCUT2D eigenvalue weighted by Gasteiger charge is -2.22. The molecule has 0 saturated carbocycles. The highest BCUT2D eigenvalue weighted by Gasteiger charge is 2.29. The van der Waals surface area contributed by atoms with Crippen molar-refractivity contribution in [2.24, 2.45) is 7.05 Å². The third kappa shape index (κ3) is 4.67. The number of anilines is 1. The maximum atomic E-state index is 15.2. The summed E-state index contributed by atoms with van der Waals surface area (Å²) in [6, 6.07) is 4.42. The Balaban J connectivity index is 1.60. The molecular weight excluding hydrogens is 477 g/mol. The normalized spacial score (nSPS) is 13.8. The summed E-state index contributed by atoms with van der Waals surface area (Å²) in [4.78, 5) is 11.8. The van der Waals surface area contributed by atoms with E-state index in [0.717, 1.165) is 22.4 Å². The number of aliphatic hydroxyl groups excluding tert-OH is 1. The van der Waals surface area contributed by atoms with Crippen LogP contribution in [-0.2, 0) is 20.1 Å². The zero-order valence-corrected chi connectivity index (χ0v) is 21.5. The number of hydrogen-bond acceptors (Lipinski definition) is 9. The minimum Gasteiger partial charge on any atom is -0.491 e. The molecule has 0 spiro atoms. The zero-order valence-electron chi connectivity index (χ0n) is 21.5. The number of likely N-dealkylation sites (N-methyl/N-ethyl adjacent to an activating group) is 1. The topological polar surface area (TPSA) is 114 Å². The van der Waals surface area contributed by atoms with E-state index in [1.807, 2.05) is 38.7 Å². The minimum absolute atomic E-state index is 0.0658. The third-order valence-electron chi connectivity index (χ3n) is 6.60. The number of benzene rings is 1. The molecule has 1 aromatic carbocycles. The summed E-state index contributed by atoms with van der Waals surface area (Å²) in [5.74, 6) is 1.49. The van der Waals surface area contributed by atoms with Gasteiger partial charge in [0.1, 0.15) is 35.9 Å². The van der Waals surface area contributed by atoms with Crippen molar-refractivity contribution >= 4 is 5.82 Å². The molecule has 4 aromatic rings. The van der Waals surface area contributed by atoms with Gasteiger partial charge in [0.15, 0.2) is 5.82 Å². The molecule has 0 saturated heterocycles.